The van der Waals surface area contributed by atoms with Crippen LogP contribution in [0, 0.1) is 11.8 Å². The number of aliphatic carboxylic acids is 1. The van der Waals surface area contributed by atoms with Gasteiger partial charge in [-0.25, -0.2) is 0 Å². The molecule has 0 aliphatic rings. The van der Waals surface area contributed by atoms with Gasteiger partial charge in [-0.15, -0.1) is 0 Å². The largest absolute Gasteiger partial charge is 0.550 e. The van der Waals surface area contributed by atoms with E-state index in [-0.39, 0.29) is 12.3 Å². The van der Waals surface area contributed by atoms with Crippen LogP contribution in [0.1, 0.15) is 39.2 Å². The molecule has 4 atom stereocenters. The first-order chi connectivity index (χ1) is 13.6. The van der Waals surface area contributed by atoms with Gasteiger partial charge >= 0.3 is 0 Å². The highest BCUT2D eigenvalue weighted by Gasteiger charge is 2.33. The number of likely N-dealkylation sites (N-methyl/N-ethyl adjacent to an activating group) is 1. The van der Waals surface area contributed by atoms with Crippen molar-refractivity contribution in [2.24, 2.45) is 11.8 Å². The van der Waals surface area contributed by atoms with Crippen molar-refractivity contribution in [3.05, 3.63) is 35.9 Å². The first-order valence-electron chi connectivity index (χ1n) is 9.71. The summed E-state index contributed by atoms with van der Waals surface area (Å²) >= 11 is 4.30. The average molecular weight is 424 g/mol. The van der Waals surface area contributed by atoms with Crippen molar-refractivity contribution in [2.45, 2.75) is 57.6 Å². The number of rotatable bonds is 12. The molecule has 1 aromatic rings. The van der Waals surface area contributed by atoms with E-state index < -0.39 is 41.1 Å². The zero-order chi connectivity index (χ0) is 22.0. The summed E-state index contributed by atoms with van der Waals surface area (Å²) in [6, 6.07) is 8.57. The van der Waals surface area contributed by atoms with E-state index in [2.05, 4.69) is 23.3 Å². The predicted octanol–water partition coefficient (Wildman–Crippen LogP) is 0.923. The molecule has 162 valence electrons. The Kier molecular flexibility index (Phi) is 10.8. The third-order valence-corrected chi connectivity index (χ3v) is 5.10. The number of nitrogens with one attached hydrogen (secondary N) is 2. The number of ether oxygens (including phenoxy) is 1. The van der Waals surface area contributed by atoms with Crippen molar-refractivity contribution in [1.29, 1.82) is 0 Å². The van der Waals surface area contributed by atoms with Crippen molar-refractivity contribution in [1.82, 2.24) is 10.6 Å². The highest BCUT2D eigenvalue weighted by Crippen LogP contribution is 2.23. The predicted molar refractivity (Wildman–Crippen MR) is 112 cm³/mol. The summed E-state index contributed by atoms with van der Waals surface area (Å²) < 4.78 is 5.80. The Morgan fingerprint density at radius 2 is 1.72 bits per heavy atom. The number of carbonyl (C=O) groups excluding carboxylic acids is 3. The van der Waals surface area contributed by atoms with Crippen LogP contribution in [0.5, 0.6) is 0 Å². The van der Waals surface area contributed by atoms with Crippen LogP contribution < -0.4 is 15.7 Å². The van der Waals surface area contributed by atoms with Crippen LogP contribution in [-0.4, -0.2) is 42.2 Å². The molecule has 0 saturated carbocycles. The lowest BCUT2D eigenvalue weighted by Gasteiger charge is -2.29. The van der Waals surface area contributed by atoms with Gasteiger partial charge in [-0.3, -0.25) is 9.59 Å². The molecule has 0 aromatic heterocycles. The quantitative estimate of drug-likeness (QED) is 0.434. The topological polar surface area (TPSA) is 108 Å². The second-order valence-corrected chi connectivity index (χ2v) is 8.15. The number of carboxylic acids is 1. The van der Waals surface area contributed by atoms with Gasteiger partial charge in [-0.1, -0.05) is 44.2 Å². The third kappa shape index (κ3) is 8.87. The summed E-state index contributed by atoms with van der Waals surface area (Å²) in [4.78, 5) is 36.2. The number of thiol groups is 1. The summed E-state index contributed by atoms with van der Waals surface area (Å²) in [6.45, 7) is 5.86. The van der Waals surface area contributed by atoms with Crippen LogP contribution >= 0.6 is 12.6 Å². The van der Waals surface area contributed by atoms with Gasteiger partial charge in [0.15, 0.2) is 0 Å². The molecule has 8 heteroatoms. The second-order valence-electron chi connectivity index (χ2n) is 7.48. The maximum atomic E-state index is 12.9. The van der Waals surface area contributed by atoms with Gasteiger partial charge in [0.05, 0.1) is 18.6 Å². The van der Waals surface area contributed by atoms with Gasteiger partial charge in [0.25, 0.3) is 0 Å². The monoisotopic (exact) mass is 423 g/mol. The molecule has 4 unspecified atom stereocenters. The molecule has 2 N–H and O–H groups in total. The Morgan fingerprint density at radius 1 is 1.10 bits per heavy atom. The lowest BCUT2D eigenvalue weighted by Crippen LogP contribution is -2.54. The Labute approximate surface area is 178 Å². The van der Waals surface area contributed by atoms with Gasteiger partial charge in [-0.2, -0.15) is 12.6 Å². The molecular weight excluding hydrogens is 392 g/mol. The van der Waals surface area contributed by atoms with Crippen LogP contribution in [0.4, 0.5) is 0 Å². The average Bonchev–Trinajstić information content (AvgIpc) is 2.67. The van der Waals surface area contributed by atoms with Gasteiger partial charge < -0.3 is 25.3 Å². The number of amides is 2. The van der Waals surface area contributed by atoms with Crippen LogP contribution in [0.25, 0.3) is 0 Å². The summed E-state index contributed by atoms with van der Waals surface area (Å²) in [5.74, 6) is -2.62. The summed E-state index contributed by atoms with van der Waals surface area (Å²) in [5, 5.41) is 15.5. The fourth-order valence-electron chi connectivity index (χ4n) is 2.97. The highest BCUT2D eigenvalue weighted by atomic mass is 32.1. The van der Waals surface area contributed by atoms with E-state index in [4.69, 9.17) is 4.74 Å². The van der Waals surface area contributed by atoms with Crippen molar-refractivity contribution >= 4 is 30.4 Å². The van der Waals surface area contributed by atoms with Gasteiger partial charge in [-0.05, 0) is 31.2 Å². The molecule has 7 nitrogen and oxygen atoms in total. The molecular formula is C21H31N2O5S-. The highest BCUT2D eigenvalue weighted by molar-refractivity contribution is 7.81. The third-order valence-electron chi connectivity index (χ3n) is 4.55. The number of hydrogen-bond acceptors (Lipinski definition) is 6. The van der Waals surface area contributed by atoms with Crippen LogP contribution in [0.2, 0.25) is 0 Å². The zero-order valence-electron chi connectivity index (χ0n) is 17.4. The SMILES string of the molecule is CNC(=O)C(NC(=O)C(CC(C)C)C(S)CC(=O)[O-])C(C)OCc1ccccc1. The molecule has 0 spiro atoms. The number of benzene rings is 1. The van der Waals surface area contributed by atoms with Crippen LogP contribution in [0.3, 0.4) is 0 Å². The Morgan fingerprint density at radius 3 is 2.24 bits per heavy atom. The van der Waals surface area contributed by atoms with E-state index in [0.717, 1.165) is 5.56 Å². The van der Waals surface area contributed by atoms with Gasteiger partial charge in [0.1, 0.15) is 6.04 Å². The summed E-state index contributed by atoms with van der Waals surface area (Å²) in [5.41, 5.74) is 0.948. The lowest BCUT2D eigenvalue weighted by atomic mass is 9.91. The fourth-order valence-corrected chi connectivity index (χ4v) is 3.38. The van der Waals surface area contributed by atoms with Crippen molar-refractivity contribution in [3.8, 4) is 0 Å². The molecule has 1 aromatic carbocycles. The van der Waals surface area contributed by atoms with E-state index in [0.29, 0.717) is 13.0 Å². The first kappa shape index (κ1) is 25.0. The molecule has 0 heterocycles. The molecule has 0 aliphatic heterocycles. The Balaban J connectivity index is 2.88. The van der Waals surface area contributed by atoms with E-state index in [9.17, 15) is 19.5 Å². The molecule has 29 heavy (non-hydrogen) atoms. The Bertz CT molecular complexity index is 668. The van der Waals surface area contributed by atoms with Gasteiger partial charge in [0, 0.05) is 18.3 Å². The summed E-state index contributed by atoms with van der Waals surface area (Å²) in [7, 11) is 1.48. The molecule has 0 radical (unpaired) electrons. The standard InChI is InChI=1S/C21H32N2O5S/c1-13(2)10-16(17(29)11-18(24)25)20(26)23-19(21(27)22-4)14(3)28-12-15-8-6-5-7-9-15/h5-9,13-14,16-17,19,29H,10-12H2,1-4H3,(H,22,27)(H,23,26)(H,24,25)/p-1. The van der Waals surface area contributed by atoms with Crippen LogP contribution in [-0.2, 0) is 25.7 Å². The number of hydrogen-bond donors (Lipinski definition) is 3. The van der Waals surface area contributed by atoms with E-state index in [1.807, 2.05) is 44.2 Å². The maximum absolute atomic E-state index is 12.9. The normalized spacial score (nSPS) is 15.2. The maximum Gasteiger partial charge on any atom is 0.245 e. The molecule has 2 amide bonds. The van der Waals surface area contributed by atoms with Crippen molar-refractivity contribution in [2.75, 3.05) is 7.05 Å². The van der Waals surface area contributed by atoms with Gasteiger partial charge in [0.2, 0.25) is 11.8 Å². The fraction of sp³-hybridized carbons (Fsp3) is 0.571. The molecule has 1 rings (SSSR count). The van der Waals surface area contributed by atoms with E-state index in [1.54, 1.807) is 6.92 Å². The summed E-state index contributed by atoms with van der Waals surface area (Å²) in [6.07, 6.45) is -0.510. The number of carbonyl (C=O) groups is 3. The smallest absolute Gasteiger partial charge is 0.245 e. The van der Waals surface area contributed by atoms with Crippen LogP contribution in [0.15, 0.2) is 30.3 Å². The lowest BCUT2D eigenvalue weighted by molar-refractivity contribution is -0.305. The minimum absolute atomic E-state index is 0.146. The van der Waals surface area contributed by atoms with E-state index >= 15 is 0 Å². The van der Waals surface area contributed by atoms with E-state index in [1.165, 1.54) is 7.05 Å². The minimum atomic E-state index is -1.27. The Hall–Kier alpha value is -2.06. The minimum Gasteiger partial charge on any atom is -0.550 e. The second kappa shape index (κ2) is 12.5. The first-order valence-corrected chi connectivity index (χ1v) is 10.2. The van der Waals surface area contributed by atoms with Crippen molar-refractivity contribution in [3.63, 3.8) is 0 Å². The molecule has 0 fully saturated rings. The molecule has 0 saturated heterocycles. The molecule has 0 bridgehead atoms. The van der Waals surface area contributed by atoms with Crippen molar-refractivity contribution < 1.29 is 24.2 Å². The molecule has 0 aliphatic carbocycles. The zero-order valence-corrected chi connectivity index (χ0v) is 18.3. The number of carboxylic acid groups (broad SMARTS) is 1.